The van der Waals surface area contributed by atoms with Gasteiger partial charge in [-0.05, 0) is 23.6 Å². The van der Waals surface area contributed by atoms with Crippen LogP contribution in [0.4, 0.5) is 5.00 Å². The third kappa shape index (κ3) is 2.36. The molecule has 0 atom stereocenters. The summed E-state index contributed by atoms with van der Waals surface area (Å²) >= 11 is 1.24. The molecule has 6 heteroatoms. The molecule has 0 saturated heterocycles. The number of nitrogens with one attached hydrogen (secondary N) is 1. The van der Waals surface area contributed by atoms with Crippen LogP contribution in [0, 0.1) is 0 Å². The highest BCUT2D eigenvalue weighted by molar-refractivity contribution is 7.14. The first-order valence-electron chi connectivity index (χ1n) is 4.73. The van der Waals surface area contributed by atoms with Crippen LogP contribution < -0.4 is 5.32 Å². The van der Waals surface area contributed by atoms with Crippen LogP contribution in [0.3, 0.4) is 0 Å². The Kier molecular flexibility index (Phi) is 3.24. The number of hydrogen-bond donors (Lipinski definition) is 1. The fourth-order valence-electron chi connectivity index (χ4n) is 1.25. The minimum Gasteiger partial charge on any atom is -0.465 e. The van der Waals surface area contributed by atoms with E-state index in [0.29, 0.717) is 10.6 Å². The van der Waals surface area contributed by atoms with E-state index in [-0.39, 0.29) is 5.76 Å². The normalized spacial score (nSPS) is 9.94. The topological polar surface area (TPSA) is 68.5 Å². The van der Waals surface area contributed by atoms with Gasteiger partial charge < -0.3 is 14.5 Å². The van der Waals surface area contributed by atoms with Crippen molar-refractivity contribution in [3.8, 4) is 0 Å². The number of rotatable bonds is 3. The Morgan fingerprint density at radius 2 is 2.24 bits per heavy atom. The minimum absolute atomic E-state index is 0.189. The first-order valence-corrected chi connectivity index (χ1v) is 5.61. The molecule has 0 aliphatic rings. The number of esters is 1. The highest BCUT2D eigenvalue weighted by Crippen LogP contribution is 2.24. The van der Waals surface area contributed by atoms with Gasteiger partial charge in [-0.2, -0.15) is 0 Å². The molecule has 2 rings (SSSR count). The summed E-state index contributed by atoms with van der Waals surface area (Å²) in [6.45, 7) is 0. The largest absolute Gasteiger partial charge is 0.465 e. The van der Waals surface area contributed by atoms with Crippen molar-refractivity contribution in [3.63, 3.8) is 0 Å². The predicted octanol–water partition coefficient (Wildman–Crippen LogP) is 2.38. The quantitative estimate of drug-likeness (QED) is 0.850. The second-order valence-corrected chi connectivity index (χ2v) is 4.00. The lowest BCUT2D eigenvalue weighted by molar-refractivity contribution is 0.0602. The number of thiophene rings is 1. The van der Waals surface area contributed by atoms with Crippen LogP contribution >= 0.6 is 11.3 Å². The fraction of sp³-hybridized carbons (Fsp3) is 0.0909. The van der Waals surface area contributed by atoms with E-state index < -0.39 is 11.9 Å². The Bertz CT molecular complexity index is 529. The summed E-state index contributed by atoms with van der Waals surface area (Å²) in [6.07, 6.45) is 1.41. The number of ether oxygens (including phenoxy) is 1. The van der Waals surface area contributed by atoms with Crippen molar-refractivity contribution >= 4 is 28.2 Å². The van der Waals surface area contributed by atoms with Crippen molar-refractivity contribution < 1.29 is 18.7 Å². The summed E-state index contributed by atoms with van der Waals surface area (Å²) in [5.41, 5.74) is 0.331. The van der Waals surface area contributed by atoms with E-state index in [1.54, 1.807) is 23.6 Å². The maximum absolute atomic E-state index is 11.7. The van der Waals surface area contributed by atoms with Crippen LogP contribution in [-0.2, 0) is 4.74 Å². The Hall–Kier alpha value is -2.08. The molecule has 1 amide bonds. The van der Waals surface area contributed by atoms with Crippen LogP contribution in [-0.4, -0.2) is 19.0 Å². The second-order valence-electron chi connectivity index (χ2n) is 3.09. The summed E-state index contributed by atoms with van der Waals surface area (Å²) < 4.78 is 9.55. The van der Waals surface area contributed by atoms with Gasteiger partial charge >= 0.3 is 5.97 Å². The van der Waals surface area contributed by atoms with Gasteiger partial charge in [-0.1, -0.05) is 0 Å². The van der Waals surface area contributed by atoms with E-state index in [2.05, 4.69) is 10.1 Å². The van der Waals surface area contributed by atoms with Gasteiger partial charge in [-0.3, -0.25) is 4.79 Å². The molecular weight excluding hydrogens is 242 g/mol. The summed E-state index contributed by atoms with van der Waals surface area (Å²) in [5, 5.41) is 4.73. The molecule has 2 heterocycles. The van der Waals surface area contributed by atoms with Crippen molar-refractivity contribution in [2.24, 2.45) is 0 Å². The first kappa shape index (κ1) is 11.4. The third-order valence-corrected chi connectivity index (χ3v) is 2.87. The van der Waals surface area contributed by atoms with E-state index in [0.717, 1.165) is 0 Å². The average molecular weight is 251 g/mol. The van der Waals surface area contributed by atoms with Crippen molar-refractivity contribution in [1.29, 1.82) is 0 Å². The van der Waals surface area contributed by atoms with Crippen LogP contribution in [0.2, 0.25) is 0 Å². The average Bonchev–Trinajstić information content (AvgIpc) is 2.98. The van der Waals surface area contributed by atoms with Crippen molar-refractivity contribution in [1.82, 2.24) is 0 Å². The van der Waals surface area contributed by atoms with E-state index in [1.165, 1.54) is 24.7 Å². The number of furan rings is 1. The molecule has 2 aromatic heterocycles. The van der Waals surface area contributed by atoms with Crippen LogP contribution in [0.1, 0.15) is 20.9 Å². The van der Waals surface area contributed by atoms with E-state index in [1.807, 2.05) is 0 Å². The smallest absolute Gasteiger partial charge is 0.340 e. The third-order valence-electron chi connectivity index (χ3n) is 2.04. The molecule has 0 aliphatic heterocycles. The maximum atomic E-state index is 11.7. The molecule has 17 heavy (non-hydrogen) atoms. The Labute approximate surface area is 101 Å². The molecule has 88 valence electrons. The highest BCUT2D eigenvalue weighted by atomic mass is 32.1. The van der Waals surface area contributed by atoms with E-state index in [4.69, 9.17) is 4.42 Å². The van der Waals surface area contributed by atoms with Gasteiger partial charge in [0.05, 0.1) is 18.9 Å². The van der Waals surface area contributed by atoms with Crippen LogP contribution in [0.5, 0.6) is 0 Å². The molecule has 2 aromatic rings. The molecule has 0 aliphatic carbocycles. The molecule has 0 fully saturated rings. The highest BCUT2D eigenvalue weighted by Gasteiger charge is 2.17. The van der Waals surface area contributed by atoms with Crippen molar-refractivity contribution in [2.45, 2.75) is 0 Å². The number of carbonyl (C=O) groups excluding carboxylic acids is 2. The van der Waals surface area contributed by atoms with Crippen LogP contribution in [0.15, 0.2) is 34.3 Å². The summed E-state index contributed by atoms with van der Waals surface area (Å²) in [4.78, 5) is 23.1. The number of anilines is 1. The van der Waals surface area contributed by atoms with Crippen molar-refractivity contribution in [3.05, 3.63) is 41.2 Å². The summed E-state index contributed by atoms with van der Waals surface area (Å²) in [5.74, 6) is -0.696. The Balaban J connectivity index is 2.17. The zero-order valence-electron chi connectivity index (χ0n) is 8.93. The van der Waals surface area contributed by atoms with Gasteiger partial charge in [-0.25, -0.2) is 4.79 Å². The maximum Gasteiger partial charge on any atom is 0.340 e. The standard InChI is InChI=1S/C11H9NO4S/c1-15-11(14)7-4-6-17-10(7)12-9(13)8-3-2-5-16-8/h2-6H,1H3,(H,12,13). The fourth-order valence-corrected chi connectivity index (χ4v) is 2.02. The van der Waals surface area contributed by atoms with Gasteiger partial charge in [0, 0.05) is 0 Å². The van der Waals surface area contributed by atoms with Gasteiger partial charge in [0.1, 0.15) is 5.00 Å². The number of methoxy groups -OCH3 is 1. The van der Waals surface area contributed by atoms with Crippen molar-refractivity contribution in [2.75, 3.05) is 12.4 Å². The number of hydrogen-bond acceptors (Lipinski definition) is 5. The zero-order chi connectivity index (χ0) is 12.3. The molecule has 0 radical (unpaired) electrons. The molecule has 0 saturated carbocycles. The summed E-state index contributed by atoms with van der Waals surface area (Å²) in [7, 11) is 1.29. The minimum atomic E-state index is -0.485. The molecule has 0 aromatic carbocycles. The number of carbonyl (C=O) groups is 2. The van der Waals surface area contributed by atoms with Gasteiger partial charge in [0.15, 0.2) is 5.76 Å². The van der Waals surface area contributed by atoms with Gasteiger partial charge in [0.25, 0.3) is 5.91 Å². The monoisotopic (exact) mass is 251 g/mol. The van der Waals surface area contributed by atoms with E-state index >= 15 is 0 Å². The SMILES string of the molecule is COC(=O)c1ccsc1NC(=O)c1ccco1. The number of amides is 1. The van der Waals surface area contributed by atoms with Gasteiger partial charge in [0.2, 0.25) is 0 Å². The Morgan fingerprint density at radius 3 is 2.88 bits per heavy atom. The molecular formula is C11H9NO4S. The predicted molar refractivity (Wildman–Crippen MR) is 62.3 cm³/mol. The lowest BCUT2D eigenvalue weighted by atomic mass is 10.3. The molecule has 0 bridgehead atoms. The molecule has 5 nitrogen and oxygen atoms in total. The Morgan fingerprint density at radius 1 is 1.41 bits per heavy atom. The molecule has 1 N–H and O–H groups in total. The van der Waals surface area contributed by atoms with E-state index in [9.17, 15) is 9.59 Å². The van der Waals surface area contributed by atoms with Crippen LogP contribution in [0.25, 0.3) is 0 Å². The zero-order valence-corrected chi connectivity index (χ0v) is 9.74. The summed E-state index contributed by atoms with van der Waals surface area (Å²) in [6, 6.07) is 4.75. The first-order chi connectivity index (χ1) is 8.22. The van der Waals surface area contributed by atoms with Gasteiger partial charge in [-0.15, -0.1) is 11.3 Å². The lowest BCUT2D eigenvalue weighted by Crippen LogP contribution is -2.12. The second kappa shape index (κ2) is 4.84. The molecule has 0 unspecified atom stereocenters. The lowest BCUT2D eigenvalue weighted by Gasteiger charge is -2.02. The molecule has 0 spiro atoms.